The second-order valence-corrected chi connectivity index (χ2v) is 15.6. The van der Waals surface area contributed by atoms with Crippen LogP contribution in [0.2, 0.25) is 0 Å². The Balaban J connectivity index is 1.03. The van der Waals surface area contributed by atoms with Crippen LogP contribution in [0, 0.1) is 16.0 Å². The average molecular weight is 938 g/mol. The molecule has 358 valence electrons. The van der Waals surface area contributed by atoms with Crippen molar-refractivity contribution in [2.24, 2.45) is 11.7 Å². The monoisotopic (exact) mass is 937 g/mol. The van der Waals surface area contributed by atoms with E-state index in [9.17, 15) is 48.5 Å². The molecule has 5 rings (SSSR count). The van der Waals surface area contributed by atoms with E-state index in [4.69, 9.17) is 19.9 Å². The van der Waals surface area contributed by atoms with Crippen LogP contribution in [-0.4, -0.2) is 97.6 Å². The number of carbonyl (C=O) groups is 8. The molecular formula is C46H51N9O13. The van der Waals surface area contributed by atoms with Gasteiger partial charge in [0.1, 0.15) is 37.6 Å². The number of nitro groups is 1. The fourth-order valence-corrected chi connectivity index (χ4v) is 6.91. The van der Waals surface area contributed by atoms with Gasteiger partial charge in [-0.25, -0.2) is 14.4 Å². The van der Waals surface area contributed by atoms with Crippen LogP contribution in [0.15, 0.2) is 97.1 Å². The Morgan fingerprint density at radius 1 is 0.691 bits per heavy atom. The third-order valence-electron chi connectivity index (χ3n) is 10.3. The van der Waals surface area contributed by atoms with Gasteiger partial charge in [0.25, 0.3) is 5.69 Å². The van der Waals surface area contributed by atoms with E-state index in [1.54, 1.807) is 26.0 Å². The lowest BCUT2D eigenvalue weighted by molar-refractivity contribution is -0.384. The van der Waals surface area contributed by atoms with Gasteiger partial charge >= 0.3 is 18.3 Å². The van der Waals surface area contributed by atoms with Gasteiger partial charge in [-0.3, -0.25) is 34.1 Å². The van der Waals surface area contributed by atoms with Crippen molar-refractivity contribution in [2.45, 2.75) is 51.3 Å². The summed E-state index contributed by atoms with van der Waals surface area (Å²) >= 11 is 0. The van der Waals surface area contributed by atoms with Gasteiger partial charge in [0, 0.05) is 30.3 Å². The van der Waals surface area contributed by atoms with Crippen LogP contribution >= 0.6 is 0 Å². The first-order chi connectivity index (χ1) is 32.6. The third kappa shape index (κ3) is 15.3. The predicted octanol–water partition coefficient (Wildman–Crippen LogP) is 3.09. The van der Waals surface area contributed by atoms with Gasteiger partial charge in [-0.15, -0.1) is 0 Å². The Bertz CT molecular complexity index is 2440. The summed E-state index contributed by atoms with van der Waals surface area (Å²) in [5.41, 5.74) is 9.99. The highest BCUT2D eigenvalue weighted by molar-refractivity contribution is 5.99. The first-order valence-electron chi connectivity index (χ1n) is 21.3. The normalized spacial score (nSPS) is 12.2. The van der Waals surface area contributed by atoms with Gasteiger partial charge < -0.3 is 57.2 Å². The molecule has 4 aromatic rings. The number of nitrogens with one attached hydrogen (secondary N) is 7. The van der Waals surface area contributed by atoms with E-state index >= 15 is 0 Å². The maximum atomic E-state index is 13.5. The van der Waals surface area contributed by atoms with E-state index in [2.05, 4.69) is 37.2 Å². The molecule has 1 aliphatic rings. The molecular weight excluding hydrogens is 887 g/mol. The number of benzene rings is 4. The molecule has 0 spiro atoms. The fraction of sp³-hybridized carbons (Fsp3) is 0.304. The zero-order chi connectivity index (χ0) is 49.2. The quantitative estimate of drug-likeness (QED) is 0.0185. The minimum Gasteiger partial charge on any atom is -0.449 e. The SMILES string of the molecule is CC(C)C(NC(=O)CNC(=O)CNC(=O)CNC(=O)OCC1c2ccccc2-c2ccccc21)C(=O)NC(CCCNC(N)=O)C(=O)Nc1ccc(COC(=O)Oc2ccc([N+](=O)[O-])cc2)cc1. The molecule has 22 nitrogen and oxygen atoms in total. The Morgan fingerprint density at radius 3 is 1.87 bits per heavy atom. The summed E-state index contributed by atoms with van der Waals surface area (Å²) in [7, 11) is 0. The molecule has 0 aliphatic heterocycles. The Morgan fingerprint density at radius 2 is 1.28 bits per heavy atom. The van der Waals surface area contributed by atoms with Crippen molar-refractivity contribution in [3.63, 3.8) is 0 Å². The summed E-state index contributed by atoms with van der Waals surface area (Å²) in [6.45, 7) is 1.68. The first kappa shape index (κ1) is 50.4. The van der Waals surface area contributed by atoms with Gasteiger partial charge in [0.2, 0.25) is 29.5 Å². The number of rotatable bonds is 22. The van der Waals surface area contributed by atoms with Gasteiger partial charge in [-0.1, -0.05) is 74.5 Å². The summed E-state index contributed by atoms with van der Waals surface area (Å²) in [4.78, 5) is 111. The molecule has 0 radical (unpaired) electrons. The molecule has 22 heteroatoms. The number of ether oxygens (including phenoxy) is 3. The minimum absolute atomic E-state index is 0.0401. The number of non-ortho nitro benzene ring substituents is 1. The van der Waals surface area contributed by atoms with Crippen molar-refractivity contribution in [3.05, 3.63) is 124 Å². The fourth-order valence-electron chi connectivity index (χ4n) is 6.91. The van der Waals surface area contributed by atoms with E-state index in [1.807, 2.05) is 48.5 Å². The van der Waals surface area contributed by atoms with Crippen molar-refractivity contribution < 1.29 is 57.5 Å². The summed E-state index contributed by atoms with van der Waals surface area (Å²) in [5.74, 6) is -4.14. The lowest BCUT2D eigenvalue weighted by Gasteiger charge is -2.25. The zero-order valence-electron chi connectivity index (χ0n) is 37.0. The summed E-state index contributed by atoms with van der Waals surface area (Å²) < 4.78 is 15.5. The Hall–Kier alpha value is -8.56. The van der Waals surface area contributed by atoms with Gasteiger partial charge in [0.05, 0.1) is 18.0 Å². The predicted molar refractivity (Wildman–Crippen MR) is 244 cm³/mol. The lowest BCUT2D eigenvalue weighted by atomic mass is 9.98. The number of anilines is 1. The van der Waals surface area contributed by atoms with Crippen LogP contribution in [0.4, 0.5) is 25.8 Å². The smallest absolute Gasteiger partial charge is 0.449 e. The molecule has 0 saturated heterocycles. The van der Waals surface area contributed by atoms with Crippen molar-refractivity contribution >= 4 is 59.2 Å². The number of nitrogens with zero attached hydrogens (tertiary/aromatic N) is 1. The average Bonchev–Trinajstić information content (AvgIpc) is 3.64. The molecule has 9 N–H and O–H groups in total. The van der Waals surface area contributed by atoms with Gasteiger partial charge in [0.15, 0.2) is 0 Å². The van der Waals surface area contributed by atoms with E-state index in [1.165, 1.54) is 36.4 Å². The standard InChI is InChI=1S/C46H51N9O13/c1-27(2)41(54-40(58)24-50-38(56)22-49-39(57)23-51-45(62)66-26-36-34-10-5-3-8-32(34)33-9-4-6-11-35(33)36)43(60)53-37(12-7-21-48-44(47)61)42(59)52-29-15-13-28(14-16-29)25-67-46(63)68-31-19-17-30(18-20-31)55(64)65/h3-6,8-11,13-20,27,36-37,41H,7,12,21-26H2,1-2H3,(H,49,57)(H,50,56)(H,51,62)(H,52,59)(H,53,60)(H,54,58)(H3,47,48,61). The number of carbonyl (C=O) groups excluding carboxylic acids is 8. The number of fused-ring (bicyclic) bond motifs is 3. The van der Waals surface area contributed by atoms with Crippen LogP contribution in [0.3, 0.4) is 0 Å². The number of amides is 8. The molecule has 8 amide bonds. The van der Waals surface area contributed by atoms with Crippen molar-refractivity contribution in [1.82, 2.24) is 31.9 Å². The summed E-state index contributed by atoms with van der Waals surface area (Å²) in [6, 6.07) is 23.6. The van der Waals surface area contributed by atoms with Crippen LogP contribution < -0.4 is 47.7 Å². The highest BCUT2D eigenvalue weighted by Gasteiger charge is 2.30. The number of nitro benzene ring substituents is 1. The summed E-state index contributed by atoms with van der Waals surface area (Å²) in [5, 5.41) is 28.2. The van der Waals surface area contributed by atoms with Crippen molar-refractivity contribution in [3.8, 4) is 16.9 Å². The number of hydrogen-bond acceptors (Lipinski definition) is 13. The molecule has 0 saturated carbocycles. The minimum atomic E-state index is -1.16. The highest BCUT2D eigenvalue weighted by atomic mass is 16.7. The van der Waals surface area contributed by atoms with E-state index < -0.39 is 90.4 Å². The molecule has 68 heavy (non-hydrogen) atoms. The van der Waals surface area contributed by atoms with Gasteiger partial charge in [-0.05, 0) is 70.8 Å². The Kier molecular flexibility index (Phi) is 18.3. The third-order valence-corrected chi connectivity index (χ3v) is 10.3. The largest absolute Gasteiger partial charge is 0.514 e. The molecule has 0 fully saturated rings. The Labute approximate surface area is 389 Å². The summed E-state index contributed by atoms with van der Waals surface area (Å²) in [6.07, 6.45) is -1.60. The maximum absolute atomic E-state index is 13.5. The van der Waals surface area contributed by atoms with Crippen LogP contribution in [0.25, 0.3) is 11.1 Å². The van der Waals surface area contributed by atoms with Crippen LogP contribution in [-0.2, 0) is 40.1 Å². The number of hydrogen-bond donors (Lipinski definition) is 8. The molecule has 0 heterocycles. The molecule has 2 atom stereocenters. The lowest BCUT2D eigenvalue weighted by Crippen LogP contribution is -2.56. The molecule has 2 unspecified atom stereocenters. The number of alkyl carbamates (subject to hydrolysis) is 1. The molecule has 1 aliphatic carbocycles. The second kappa shape index (κ2) is 24.7. The van der Waals surface area contributed by atoms with Crippen LogP contribution in [0.1, 0.15) is 49.3 Å². The maximum Gasteiger partial charge on any atom is 0.514 e. The number of primary amides is 1. The van der Waals surface area contributed by atoms with Crippen molar-refractivity contribution in [2.75, 3.05) is 38.1 Å². The molecule has 0 aromatic heterocycles. The van der Waals surface area contributed by atoms with Crippen LogP contribution in [0.5, 0.6) is 5.75 Å². The van der Waals surface area contributed by atoms with E-state index in [-0.39, 0.29) is 50.0 Å². The molecule has 4 aromatic carbocycles. The number of nitrogens with two attached hydrogens (primary N) is 1. The second-order valence-electron chi connectivity index (χ2n) is 15.6. The number of urea groups is 1. The molecule has 0 bridgehead atoms. The zero-order valence-corrected chi connectivity index (χ0v) is 37.0. The van der Waals surface area contributed by atoms with E-state index in [0.717, 1.165) is 22.3 Å². The van der Waals surface area contributed by atoms with E-state index in [0.29, 0.717) is 11.3 Å². The first-order valence-corrected chi connectivity index (χ1v) is 21.3. The topological polar surface area (TPSA) is 318 Å². The van der Waals surface area contributed by atoms with Crippen molar-refractivity contribution in [1.29, 1.82) is 0 Å². The highest BCUT2D eigenvalue weighted by Crippen LogP contribution is 2.44. The van der Waals surface area contributed by atoms with Gasteiger partial charge in [-0.2, -0.15) is 0 Å².